The second-order valence-corrected chi connectivity index (χ2v) is 26.9. The van der Waals surface area contributed by atoms with Crippen molar-refractivity contribution in [2.24, 2.45) is 71.0 Å². The highest BCUT2D eigenvalue weighted by atomic mass is 19.1. The van der Waals surface area contributed by atoms with Gasteiger partial charge in [0, 0.05) is 54.8 Å². The molecule has 9 fully saturated rings. The lowest BCUT2D eigenvalue weighted by molar-refractivity contribution is -0.409. The van der Waals surface area contributed by atoms with E-state index in [2.05, 4.69) is 34.6 Å². The van der Waals surface area contributed by atoms with Gasteiger partial charge in [-0.15, -0.1) is 0 Å². The summed E-state index contributed by atoms with van der Waals surface area (Å²) in [5.74, 6) is -1.52. The van der Waals surface area contributed by atoms with E-state index >= 15 is 0 Å². The van der Waals surface area contributed by atoms with Gasteiger partial charge in [0.2, 0.25) is 0 Å². The lowest BCUT2D eigenvalue weighted by atomic mass is 9.58. The molecule has 0 radical (unpaired) electrons. The summed E-state index contributed by atoms with van der Waals surface area (Å²) < 4.78 is 78.2. The molecule has 1 aromatic heterocycles. The summed E-state index contributed by atoms with van der Waals surface area (Å²) in [5, 5.41) is 67.2. The van der Waals surface area contributed by atoms with Crippen LogP contribution >= 0.6 is 0 Å². The number of para-hydroxylation sites is 1. The van der Waals surface area contributed by atoms with E-state index in [4.69, 9.17) is 51.8 Å². The van der Waals surface area contributed by atoms with Crippen LogP contribution in [0.3, 0.4) is 0 Å². The van der Waals surface area contributed by atoms with E-state index in [1.807, 2.05) is 49.4 Å². The monoisotopic (exact) mass is 1170 g/mol. The molecule has 9 aliphatic rings. The standard InChI is InChI=1S/C23H34O6.C22H31FO5.C20H30O6/c1-15-9-10-19-16(2)20(27-14-13-26-17-7-5-4-6-8-17)28-21-23(19,25)18(15)11-12-22(3,24)29-21;1-13-4-9-18-14(2)19(26-12-15-5-7-16(23)8-6-15)27-20-22(18,25)17(13)10-11-21(3,24)28-20;1-12-6-7-16-13(2)17(24-11-14-5-4-10-23-14)25-18-20(16,22)15(12)8-9-19(3,21)26-18/h4-8,15-16,18-21,24-25H,9-14H2,1-3H3;5-8,13-14,17-20,24-25H,4,9-12H2,1-3H3;4-5,10,12-13,15-18,21-22H,6-9,11H2,1-3H3/t15-,16-,18?,19?,20?,21-,22+,23-;13-,14-,17?,18?,19?,20-,21+,22-;12-,13-,15?,16?,17?,18-,19+,20-/m111/s1. The number of ether oxygens (including phenoxy) is 10. The quantitative estimate of drug-likeness (QED) is 0.0982. The molecule has 18 heteroatoms. The average molecular weight is 1170 g/mol. The van der Waals surface area contributed by atoms with Crippen LogP contribution in [0.15, 0.2) is 77.4 Å². The van der Waals surface area contributed by atoms with Gasteiger partial charge < -0.3 is 82.4 Å². The highest BCUT2D eigenvalue weighted by Gasteiger charge is 2.67. The Bertz CT molecular complexity index is 2530. The van der Waals surface area contributed by atoms with Crippen LogP contribution in [0.2, 0.25) is 0 Å². The SMILES string of the molecule is C[C@H]1C(OCCOc2ccccc2)O[C@@H]2O[C@](C)(O)CCC3[C@H](C)CCC1[C@]32O.C[C@H]1C(OCc2ccc(F)cc2)O[C@@H]2O[C@](C)(O)CCC3[C@H](C)CCC1[C@]32O.C[C@H]1C(OCc2ccco2)O[C@@H]2O[C@](C)(O)CCC3[C@H](C)CCC1[C@]32O. The molecule has 12 rings (SSSR count). The Labute approximate surface area is 489 Å². The molecule has 24 atom stereocenters. The maximum Gasteiger partial charge on any atom is 0.193 e. The topological polar surface area (TPSA) is 227 Å². The normalized spacial score (nSPS) is 46.3. The zero-order valence-corrected chi connectivity index (χ0v) is 50.2. The van der Waals surface area contributed by atoms with Crippen molar-refractivity contribution in [2.75, 3.05) is 13.2 Å². The highest BCUT2D eigenvalue weighted by molar-refractivity contribution is 5.21. The van der Waals surface area contributed by atoms with Crippen molar-refractivity contribution in [1.82, 2.24) is 0 Å². The molecular weight excluding hydrogens is 1070 g/mol. The zero-order chi connectivity index (χ0) is 59.3. The van der Waals surface area contributed by atoms with Crippen LogP contribution in [0.4, 0.5) is 4.39 Å². The first kappa shape index (κ1) is 62.9. The van der Waals surface area contributed by atoms with Gasteiger partial charge in [-0.3, -0.25) is 0 Å². The molecule has 0 amide bonds. The van der Waals surface area contributed by atoms with Crippen LogP contribution in [0.25, 0.3) is 0 Å². The molecule has 3 aromatic rings. The van der Waals surface area contributed by atoms with Crippen molar-refractivity contribution >= 4 is 0 Å². The zero-order valence-electron chi connectivity index (χ0n) is 50.2. The summed E-state index contributed by atoms with van der Waals surface area (Å²) in [6.07, 6.45) is 6.73. The summed E-state index contributed by atoms with van der Waals surface area (Å²) in [6, 6.07) is 19.5. The number of halogens is 1. The van der Waals surface area contributed by atoms with Crippen molar-refractivity contribution in [3.05, 3.63) is 90.1 Å². The molecule has 7 heterocycles. The van der Waals surface area contributed by atoms with E-state index in [9.17, 15) is 35.0 Å². The van der Waals surface area contributed by atoms with Crippen molar-refractivity contribution in [3.63, 3.8) is 0 Å². The van der Waals surface area contributed by atoms with Crippen LogP contribution in [-0.4, -0.2) is 116 Å². The fourth-order valence-corrected chi connectivity index (χ4v) is 16.3. The first-order valence-electron chi connectivity index (χ1n) is 31.0. The summed E-state index contributed by atoms with van der Waals surface area (Å²) in [4.78, 5) is 0. The third-order valence-corrected chi connectivity index (χ3v) is 21.0. The third-order valence-electron chi connectivity index (χ3n) is 21.0. The molecule has 6 saturated heterocycles. The second kappa shape index (κ2) is 25.1. The Morgan fingerprint density at radius 1 is 0.458 bits per heavy atom. The van der Waals surface area contributed by atoms with Gasteiger partial charge in [-0.1, -0.05) is 71.9 Å². The molecule has 0 bridgehead atoms. The van der Waals surface area contributed by atoms with E-state index in [1.165, 1.54) is 12.1 Å². The summed E-state index contributed by atoms with van der Waals surface area (Å²) in [7, 11) is 0. The minimum absolute atomic E-state index is 0.0105. The van der Waals surface area contributed by atoms with Crippen molar-refractivity contribution < 1.29 is 86.8 Å². The van der Waals surface area contributed by atoms with Crippen LogP contribution < -0.4 is 4.74 Å². The average Bonchev–Trinajstić information content (AvgIpc) is 2.98. The first-order valence-corrected chi connectivity index (χ1v) is 31.0. The largest absolute Gasteiger partial charge is 0.491 e. The Kier molecular flexibility index (Phi) is 19.1. The van der Waals surface area contributed by atoms with Crippen molar-refractivity contribution in [1.29, 1.82) is 0 Å². The first-order chi connectivity index (χ1) is 39.3. The van der Waals surface area contributed by atoms with Crippen LogP contribution in [-0.2, 0) is 55.8 Å². The predicted octanol–water partition coefficient (Wildman–Crippen LogP) is 9.91. The number of benzene rings is 2. The number of hydrogen-bond acceptors (Lipinski definition) is 17. The van der Waals surface area contributed by atoms with E-state index in [0.29, 0.717) is 63.3 Å². The summed E-state index contributed by atoms with van der Waals surface area (Å²) in [6.45, 7) is 19.0. The molecular formula is C65H95FO17. The molecule has 464 valence electrons. The maximum absolute atomic E-state index is 13.1. The van der Waals surface area contributed by atoms with Gasteiger partial charge in [0.15, 0.2) is 55.1 Å². The van der Waals surface area contributed by atoms with Gasteiger partial charge in [-0.25, -0.2) is 4.39 Å². The van der Waals surface area contributed by atoms with Gasteiger partial charge >= 0.3 is 0 Å². The molecule has 3 aliphatic carbocycles. The van der Waals surface area contributed by atoms with Crippen molar-refractivity contribution in [2.45, 2.75) is 224 Å². The molecule has 17 nitrogen and oxygen atoms in total. The minimum atomic E-state index is -1.34. The molecule has 6 aliphatic heterocycles. The van der Waals surface area contributed by atoms with Gasteiger partial charge in [0.1, 0.15) is 47.3 Å². The second-order valence-electron chi connectivity index (χ2n) is 26.9. The van der Waals surface area contributed by atoms with Gasteiger partial charge in [0.05, 0.1) is 19.5 Å². The lowest BCUT2D eigenvalue weighted by Gasteiger charge is -2.57. The van der Waals surface area contributed by atoms with Gasteiger partial charge in [-0.05, 0) is 156 Å². The third kappa shape index (κ3) is 13.1. The molecule has 6 N–H and O–H groups in total. The summed E-state index contributed by atoms with van der Waals surface area (Å²) >= 11 is 0. The fraction of sp³-hybridized carbons (Fsp3) is 0.754. The Morgan fingerprint density at radius 3 is 1.28 bits per heavy atom. The minimum Gasteiger partial charge on any atom is -0.491 e. The fourth-order valence-electron chi connectivity index (χ4n) is 16.3. The molecule has 3 saturated carbocycles. The number of furan rings is 1. The molecule has 9 unspecified atom stereocenters. The maximum atomic E-state index is 13.1. The van der Waals surface area contributed by atoms with Crippen LogP contribution in [0, 0.1) is 76.8 Å². The smallest absolute Gasteiger partial charge is 0.193 e. The molecule has 0 spiro atoms. The molecule has 2 aromatic carbocycles. The Morgan fingerprint density at radius 2 is 0.867 bits per heavy atom. The predicted molar refractivity (Wildman–Crippen MR) is 300 cm³/mol. The van der Waals surface area contributed by atoms with Crippen molar-refractivity contribution in [3.8, 4) is 5.75 Å². The van der Waals surface area contributed by atoms with Gasteiger partial charge in [-0.2, -0.15) is 0 Å². The van der Waals surface area contributed by atoms with E-state index in [-0.39, 0.29) is 65.7 Å². The number of aliphatic hydroxyl groups is 6. The van der Waals surface area contributed by atoms with E-state index < -0.39 is 71.9 Å². The van der Waals surface area contributed by atoms with Crippen LogP contribution in [0.1, 0.15) is 151 Å². The number of rotatable bonds is 11. The Balaban J connectivity index is 0.000000139. The summed E-state index contributed by atoms with van der Waals surface area (Å²) in [5.41, 5.74) is -2.48. The van der Waals surface area contributed by atoms with E-state index in [1.54, 1.807) is 39.2 Å². The van der Waals surface area contributed by atoms with Gasteiger partial charge in [0.25, 0.3) is 0 Å². The Hall–Kier alpha value is -3.15. The van der Waals surface area contributed by atoms with E-state index in [0.717, 1.165) is 68.4 Å². The highest BCUT2D eigenvalue weighted by Crippen LogP contribution is 2.59. The lowest BCUT2D eigenvalue weighted by Crippen LogP contribution is -2.67. The molecule has 83 heavy (non-hydrogen) atoms. The number of hydrogen-bond donors (Lipinski definition) is 6. The van der Waals surface area contributed by atoms with Crippen LogP contribution in [0.5, 0.6) is 5.75 Å².